The summed E-state index contributed by atoms with van der Waals surface area (Å²) < 4.78 is 10.7. The van der Waals surface area contributed by atoms with Gasteiger partial charge in [-0.05, 0) is 225 Å². The van der Waals surface area contributed by atoms with Crippen LogP contribution in [0.25, 0.3) is 12.2 Å². The summed E-state index contributed by atoms with van der Waals surface area (Å²) in [7, 11) is 0. The normalized spacial score (nSPS) is 22.4. The molecule has 2 saturated heterocycles. The molecule has 0 amide bonds. The molecule has 2 saturated carbocycles. The van der Waals surface area contributed by atoms with E-state index >= 15 is 0 Å². The van der Waals surface area contributed by atoms with Crippen molar-refractivity contribution in [3.05, 3.63) is 120 Å². The maximum Gasteiger partial charge on any atom is 0.331 e. The molecular weight excluding hydrogens is 921 g/mol. The van der Waals surface area contributed by atoms with Gasteiger partial charge in [0, 0.05) is 74.2 Å². The predicted molar refractivity (Wildman–Crippen MR) is 298 cm³/mol. The number of pyridine rings is 2. The van der Waals surface area contributed by atoms with Gasteiger partial charge in [0.2, 0.25) is 0 Å². The minimum atomic E-state index is -0.500. The summed E-state index contributed by atoms with van der Waals surface area (Å²) in [6.45, 7) is 15.5. The highest BCUT2D eigenvalue weighted by molar-refractivity contribution is 5.88. The second-order valence-electron chi connectivity index (χ2n) is 23.0. The average molecular weight is 1000 g/mol. The molecule has 4 fully saturated rings. The van der Waals surface area contributed by atoms with Crippen LogP contribution in [0.15, 0.2) is 97.3 Å². The summed E-state index contributed by atoms with van der Waals surface area (Å²) in [6.07, 6.45) is 27.5. The second kappa shape index (κ2) is 26.5. The molecule has 12 heteroatoms. The van der Waals surface area contributed by atoms with Crippen molar-refractivity contribution in [1.29, 1.82) is 10.5 Å². The Bertz CT molecular complexity index is 2410. The van der Waals surface area contributed by atoms with E-state index in [-0.39, 0.29) is 11.9 Å². The van der Waals surface area contributed by atoms with Crippen molar-refractivity contribution in [1.82, 2.24) is 9.97 Å². The largest absolute Gasteiger partial charge is 0.457 e. The lowest BCUT2D eigenvalue weighted by atomic mass is 9.77. The standard InChI is InChI=1S/2C31H40N4O2/c2*1-31(2,3)37-30(36)15-12-23-16-17-33-29(20-23)34-28-9-5-4-8-26(28)19-25-7-6-18-35(22-25)27-13-10-24(21-32)11-14-27/h2*10-17,20,25-26,28H,4-9,18-19,22H2,1-3H3,(H,33,34)/b15-12+;15-12-/t2*25?,26-,28+/m00/s1. The fourth-order valence-electron chi connectivity index (χ4n) is 11.3. The minimum Gasteiger partial charge on any atom is -0.457 e. The third-order valence-electron chi connectivity index (χ3n) is 14.7. The van der Waals surface area contributed by atoms with Crippen molar-refractivity contribution < 1.29 is 19.1 Å². The first-order valence-electron chi connectivity index (χ1n) is 27.4. The molecule has 12 nitrogen and oxygen atoms in total. The molecule has 74 heavy (non-hydrogen) atoms. The van der Waals surface area contributed by atoms with E-state index in [4.69, 9.17) is 20.0 Å². The van der Waals surface area contributed by atoms with Gasteiger partial charge < -0.3 is 29.9 Å². The van der Waals surface area contributed by atoms with E-state index in [9.17, 15) is 9.59 Å². The molecule has 2 aliphatic carbocycles. The second-order valence-corrected chi connectivity index (χ2v) is 23.0. The zero-order chi connectivity index (χ0) is 52.5. The van der Waals surface area contributed by atoms with Gasteiger partial charge in [0.05, 0.1) is 23.3 Å². The maximum absolute atomic E-state index is 12.1. The van der Waals surface area contributed by atoms with Crippen LogP contribution in [0.4, 0.5) is 23.0 Å². The topological polar surface area (TPSA) is 156 Å². The lowest BCUT2D eigenvalue weighted by molar-refractivity contribution is -0.149. The molecule has 2 unspecified atom stereocenters. The first-order valence-corrected chi connectivity index (χ1v) is 27.4. The van der Waals surface area contributed by atoms with Crippen molar-refractivity contribution in [2.24, 2.45) is 23.7 Å². The van der Waals surface area contributed by atoms with Gasteiger partial charge in [-0.1, -0.05) is 25.7 Å². The van der Waals surface area contributed by atoms with Gasteiger partial charge in [-0.2, -0.15) is 10.5 Å². The highest BCUT2D eigenvalue weighted by Crippen LogP contribution is 2.37. The number of nitrogens with zero attached hydrogens (tertiary/aromatic N) is 6. The SMILES string of the molecule is CC(C)(C)OC(=O)/C=C/c1ccnc(N[C@@H]2CCCC[C@H]2CC2CCCN(c3ccc(C#N)cc3)C2)c1.CC(C)(C)OC(=O)/C=C\c1ccnc(N[C@@H]2CCCC[C@H]2CC2CCCN(c3ccc(C#N)cc3)C2)c1. The van der Waals surface area contributed by atoms with E-state index in [0.717, 1.165) is 61.8 Å². The van der Waals surface area contributed by atoms with Crippen LogP contribution in [0, 0.1) is 46.3 Å². The number of carbonyl (C=O) groups excluding carboxylic acids is 2. The fourth-order valence-corrected chi connectivity index (χ4v) is 11.3. The summed E-state index contributed by atoms with van der Waals surface area (Å²) in [5, 5.41) is 25.7. The van der Waals surface area contributed by atoms with Crippen molar-refractivity contribution in [3.63, 3.8) is 0 Å². The Kier molecular flexibility index (Phi) is 19.7. The Balaban J connectivity index is 0.000000216. The van der Waals surface area contributed by atoms with Crippen LogP contribution in [-0.4, -0.2) is 71.4 Å². The summed E-state index contributed by atoms with van der Waals surface area (Å²) in [5.74, 6) is 3.66. The zero-order valence-corrected chi connectivity index (χ0v) is 44.9. The molecular formula is C62H80N8O4. The Morgan fingerprint density at radius 1 is 0.581 bits per heavy atom. The van der Waals surface area contributed by atoms with Crippen LogP contribution in [0.5, 0.6) is 0 Å². The molecule has 0 spiro atoms. The number of hydrogen-bond donors (Lipinski definition) is 2. The van der Waals surface area contributed by atoms with Crippen LogP contribution in [-0.2, 0) is 19.1 Å². The van der Waals surface area contributed by atoms with E-state index in [1.807, 2.05) is 90.1 Å². The van der Waals surface area contributed by atoms with Gasteiger partial charge in [-0.3, -0.25) is 0 Å². The summed E-state index contributed by atoms with van der Waals surface area (Å²) >= 11 is 0. The molecule has 6 atom stereocenters. The lowest BCUT2D eigenvalue weighted by Gasteiger charge is -2.39. The lowest BCUT2D eigenvalue weighted by Crippen LogP contribution is -2.39. The Morgan fingerprint density at radius 3 is 1.35 bits per heavy atom. The van der Waals surface area contributed by atoms with Crippen LogP contribution < -0.4 is 20.4 Å². The molecule has 0 radical (unpaired) electrons. The number of aromatic nitrogens is 2. The van der Waals surface area contributed by atoms with Crippen molar-refractivity contribution >= 4 is 47.1 Å². The maximum atomic E-state index is 12.1. The molecule has 4 aliphatic rings. The number of esters is 2. The summed E-state index contributed by atoms with van der Waals surface area (Å²) in [5.41, 5.74) is 4.74. The van der Waals surface area contributed by atoms with Crippen molar-refractivity contribution in [2.75, 3.05) is 46.6 Å². The molecule has 4 aromatic rings. The third kappa shape index (κ3) is 17.8. The molecule has 2 N–H and O–H groups in total. The van der Waals surface area contributed by atoms with Gasteiger partial charge in [0.25, 0.3) is 0 Å². The first kappa shape index (κ1) is 55.1. The Hall–Kier alpha value is -6.66. The smallest absolute Gasteiger partial charge is 0.331 e. The molecule has 392 valence electrons. The quantitative estimate of drug-likeness (QED) is 0.0912. The fraction of sp³-hybridized carbons (Fsp3) is 0.516. The number of nitrogens with one attached hydrogen (secondary N) is 2. The van der Waals surface area contributed by atoms with Gasteiger partial charge in [0.1, 0.15) is 22.8 Å². The van der Waals surface area contributed by atoms with Crippen molar-refractivity contribution in [2.45, 2.75) is 155 Å². The van der Waals surface area contributed by atoms with E-state index in [2.05, 4.69) is 66.8 Å². The molecule has 0 bridgehead atoms. The van der Waals surface area contributed by atoms with Gasteiger partial charge in [-0.15, -0.1) is 0 Å². The third-order valence-corrected chi connectivity index (χ3v) is 14.7. The Labute approximate surface area is 441 Å². The molecule has 2 aromatic carbocycles. The highest BCUT2D eigenvalue weighted by atomic mass is 16.6. The van der Waals surface area contributed by atoms with Crippen molar-refractivity contribution in [3.8, 4) is 12.1 Å². The van der Waals surface area contributed by atoms with Crippen LogP contribution in [0.1, 0.15) is 154 Å². The van der Waals surface area contributed by atoms with Crippen LogP contribution >= 0.6 is 0 Å². The van der Waals surface area contributed by atoms with Crippen LogP contribution in [0.2, 0.25) is 0 Å². The number of nitriles is 2. The number of piperidine rings is 2. The zero-order valence-electron chi connectivity index (χ0n) is 44.9. The molecule has 4 heterocycles. The van der Waals surface area contributed by atoms with E-state index in [0.29, 0.717) is 46.9 Å². The number of ether oxygens (including phenoxy) is 2. The predicted octanol–water partition coefficient (Wildman–Crippen LogP) is 13.2. The van der Waals surface area contributed by atoms with E-state index in [1.165, 1.54) is 101 Å². The summed E-state index contributed by atoms with van der Waals surface area (Å²) in [4.78, 5) is 38.2. The van der Waals surface area contributed by atoms with Gasteiger partial charge in [-0.25, -0.2) is 19.6 Å². The monoisotopic (exact) mass is 1000 g/mol. The number of anilines is 4. The summed E-state index contributed by atoms with van der Waals surface area (Å²) in [6, 6.07) is 29.1. The van der Waals surface area contributed by atoms with Gasteiger partial charge in [0.15, 0.2) is 0 Å². The van der Waals surface area contributed by atoms with Gasteiger partial charge >= 0.3 is 11.9 Å². The minimum absolute atomic E-state index is 0.339. The first-order chi connectivity index (χ1) is 35.6. The molecule has 2 aliphatic heterocycles. The Morgan fingerprint density at radius 2 is 0.973 bits per heavy atom. The molecule has 2 aromatic heterocycles. The molecule has 8 rings (SSSR count). The van der Waals surface area contributed by atoms with E-state index in [1.54, 1.807) is 24.5 Å². The number of carbonyl (C=O) groups is 2. The number of benzene rings is 2. The number of rotatable bonds is 14. The number of hydrogen-bond acceptors (Lipinski definition) is 12. The van der Waals surface area contributed by atoms with E-state index < -0.39 is 11.2 Å². The average Bonchev–Trinajstić information content (AvgIpc) is 3.38. The van der Waals surface area contributed by atoms with Crippen LogP contribution in [0.3, 0.4) is 0 Å². The highest BCUT2D eigenvalue weighted by Gasteiger charge is 2.32.